The first-order valence-electron chi connectivity index (χ1n) is 8.82. The third kappa shape index (κ3) is 5.09. The van der Waals surface area contributed by atoms with E-state index in [-0.39, 0.29) is 0 Å². The highest BCUT2D eigenvalue weighted by molar-refractivity contribution is 14.1. The van der Waals surface area contributed by atoms with Gasteiger partial charge < -0.3 is 10.2 Å². The fraction of sp³-hybridized carbons (Fsp3) is 0.368. The van der Waals surface area contributed by atoms with Crippen LogP contribution in [0, 0.1) is 21.8 Å². The quantitative estimate of drug-likeness (QED) is 0.622. The Labute approximate surface area is 179 Å². The molecule has 1 aliphatic heterocycles. The lowest BCUT2D eigenvalue weighted by molar-refractivity contribution is -0.131. The van der Waals surface area contributed by atoms with Gasteiger partial charge in [0.1, 0.15) is 6.04 Å². The molecule has 0 spiro atoms. The predicted molar refractivity (Wildman–Crippen MR) is 108 cm³/mol. The van der Waals surface area contributed by atoms with E-state index in [4.69, 9.17) is 5.26 Å². The number of rotatable bonds is 5. The molecule has 1 aliphatic rings. The van der Waals surface area contributed by atoms with Crippen molar-refractivity contribution in [2.45, 2.75) is 31.9 Å². The second-order valence-corrected chi connectivity index (χ2v) is 8.11. The van der Waals surface area contributed by atoms with Crippen molar-refractivity contribution in [1.29, 1.82) is 5.26 Å². The molecule has 0 unspecified atom stereocenters. The average molecular weight is 513 g/mol. The molecule has 2 amide bonds. The highest BCUT2D eigenvalue weighted by atomic mass is 127. The van der Waals surface area contributed by atoms with Gasteiger partial charge in [-0.15, -0.1) is 0 Å². The number of benzene rings is 1. The molecule has 1 atom stereocenters. The van der Waals surface area contributed by atoms with Crippen molar-refractivity contribution in [3.05, 3.63) is 50.9 Å². The molecule has 10 heteroatoms. The van der Waals surface area contributed by atoms with Crippen LogP contribution in [-0.4, -0.2) is 51.5 Å². The van der Waals surface area contributed by atoms with Crippen molar-refractivity contribution in [3.63, 3.8) is 0 Å². The Hall–Kier alpha value is -2.55. The Bertz CT molecular complexity index is 968. The van der Waals surface area contributed by atoms with Crippen LogP contribution in [-0.2, 0) is 11.3 Å². The molecule has 0 aliphatic carbocycles. The van der Waals surface area contributed by atoms with E-state index in [1.165, 1.54) is 0 Å². The van der Waals surface area contributed by atoms with Crippen molar-refractivity contribution in [3.8, 4) is 6.07 Å². The van der Waals surface area contributed by atoms with E-state index in [0.717, 1.165) is 14.0 Å². The number of nitrogens with zero attached hydrogens (tertiary/aromatic N) is 4. The fourth-order valence-electron chi connectivity index (χ4n) is 3.15. The minimum atomic E-state index is -3.09. The topological polar surface area (TPSA) is 91.0 Å². The summed E-state index contributed by atoms with van der Waals surface area (Å²) in [7, 11) is 0. The van der Waals surface area contributed by atoms with Crippen LogP contribution in [0.3, 0.4) is 0 Å². The summed E-state index contributed by atoms with van der Waals surface area (Å²) >= 11 is 2.21. The third-order valence-electron chi connectivity index (χ3n) is 4.59. The Morgan fingerprint density at radius 2 is 2.07 bits per heavy atom. The maximum atomic E-state index is 13.5. The Morgan fingerprint density at radius 3 is 2.72 bits per heavy atom. The van der Waals surface area contributed by atoms with Gasteiger partial charge in [0.2, 0.25) is 5.91 Å². The number of aryl methyl sites for hydroxylation is 1. The summed E-state index contributed by atoms with van der Waals surface area (Å²) in [6.45, 7) is 0.881. The summed E-state index contributed by atoms with van der Waals surface area (Å²) in [5, 5.41) is 15.7. The lowest BCUT2D eigenvalue weighted by atomic mass is 10.2. The van der Waals surface area contributed by atoms with E-state index in [1.807, 2.05) is 24.3 Å². The van der Waals surface area contributed by atoms with Crippen molar-refractivity contribution in [2.75, 3.05) is 13.1 Å². The van der Waals surface area contributed by atoms with Gasteiger partial charge in [0.15, 0.2) is 0 Å². The molecule has 29 heavy (non-hydrogen) atoms. The molecule has 0 bridgehead atoms. The van der Waals surface area contributed by atoms with Crippen LogP contribution < -0.4 is 5.32 Å². The van der Waals surface area contributed by atoms with Gasteiger partial charge in [-0.1, -0.05) is 12.1 Å². The third-order valence-corrected chi connectivity index (χ3v) is 5.31. The SMILES string of the molecule is Cc1nn(Cc2ccc(I)cc2)cc1C(=O)NCC(=O)N1CC(F)(F)C[C@H]1C#N. The molecule has 3 rings (SSSR count). The first-order valence-corrected chi connectivity index (χ1v) is 9.90. The highest BCUT2D eigenvalue weighted by Gasteiger charge is 2.47. The maximum Gasteiger partial charge on any atom is 0.268 e. The number of amides is 2. The highest BCUT2D eigenvalue weighted by Crippen LogP contribution is 2.31. The number of aromatic nitrogens is 2. The van der Waals surface area contributed by atoms with Crippen LogP contribution in [0.5, 0.6) is 0 Å². The summed E-state index contributed by atoms with van der Waals surface area (Å²) < 4.78 is 29.7. The standard InChI is InChI=1S/C19H18F2IN5O2/c1-12-16(10-26(25-12)9-13-2-4-14(22)5-3-13)18(29)24-8-17(28)27-11-19(20,21)6-15(27)7-23/h2-5,10,15H,6,8-9,11H2,1H3,(H,24,29)/t15-/m0/s1. The van der Waals surface area contributed by atoms with Crippen molar-refractivity contribution in [1.82, 2.24) is 20.0 Å². The van der Waals surface area contributed by atoms with Crippen molar-refractivity contribution >= 4 is 34.4 Å². The van der Waals surface area contributed by atoms with Gasteiger partial charge in [-0.2, -0.15) is 10.4 Å². The Kier molecular flexibility index (Phi) is 6.16. The number of carbonyl (C=O) groups is 2. The van der Waals surface area contributed by atoms with Crippen LogP contribution in [0.4, 0.5) is 8.78 Å². The van der Waals surface area contributed by atoms with E-state index in [9.17, 15) is 18.4 Å². The van der Waals surface area contributed by atoms with Gasteiger partial charge in [-0.05, 0) is 47.2 Å². The largest absolute Gasteiger partial charge is 0.343 e. The summed E-state index contributed by atoms with van der Waals surface area (Å²) in [6.07, 6.45) is 0.892. The predicted octanol–water partition coefficient (Wildman–Crippen LogP) is 2.33. The zero-order chi connectivity index (χ0) is 21.2. The monoisotopic (exact) mass is 513 g/mol. The smallest absolute Gasteiger partial charge is 0.268 e. The van der Waals surface area contributed by atoms with Gasteiger partial charge in [-0.3, -0.25) is 14.3 Å². The molecular formula is C19H18F2IN5O2. The Balaban J connectivity index is 1.61. The molecule has 0 radical (unpaired) electrons. The summed E-state index contributed by atoms with van der Waals surface area (Å²) in [4.78, 5) is 25.4. The average Bonchev–Trinajstić information content (AvgIpc) is 3.20. The van der Waals surface area contributed by atoms with Crippen LogP contribution in [0.25, 0.3) is 0 Å². The number of carbonyl (C=O) groups excluding carboxylic acids is 2. The first-order chi connectivity index (χ1) is 13.7. The molecule has 0 saturated carbocycles. The lowest BCUT2D eigenvalue weighted by Gasteiger charge is -2.19. The van der Waals surface area contributed by atoms with Gasteiger partial charge >= 0.3 is 0 Å². The number of likely N-dealkylation sites (tertiary alicyclic amines) is 1. The Morgan fingerprint density at radius 1 is 1.38 bits per heavy atom. The molecule has 1 aromatic carbocycles. The summed E-state index contributed by atoms with van der Waals surface area (Å²) in [5.41, 5.74) is 1.81. The van der Waals surface area contributed by atoms with Crippen LogP contribution in [0.1, 0.15) is 28.0 Å². The number of alkyl halides is 2. The van der Waals surface area contributed by atoms with Crippen LogP contribution in [0.15, 0.2) is 30.5 Å². The summed E-state index contributed by atoms with van der Waals surface area (Å²) in [5.74, 6) is -4.33. The molecule has 1 saturated heterocycles. The number of halogens is 3. The van der Waals surface area contributed by atoms with Crippen molar-refractivity contribution in [2.24, 2.45) is 0 Å². The molecule has 7 nitrogen and oxygen atoms in total. The van der Waals surface area contributed by atoms with Gasteiger partial charge in [0, 0.05) is 16.2 Å². The minimum absolute atomic E-state index is 0.298. The maximum absolute atomic E-state index is 13.5. The number of hydrogen-bond acceptors (Lipinski definition) is 4. The molecule has 1 N–H and O–H groups in total. The van der Waals surface area contributed by atoms with E-state index < -0.39 is 43.3 Å². The van der Waals surface area contributed by atoms with E-state index in [2.05, 4.69) is 33.0 Å². The number of nitrogens with one attached hydrogen (secondary N) is 1. The molecule has 2 heterocycles. The lowest BCUT2D eigenvalue weighted by Crippen LogP contribution is -2.43. The fourth-order valence-corrected chi connectivity index (χ4v) is 3.51. The second kappa shape index (κ2) is 8.44. The van der Waals surface area contributed by atoms with E-state index in [1.54, 1.807) is 23.9 Å². The van der Waals surface area contributed by atoms with Gasteiger partial charge in [0.25, 0.3) is 11.8 Å². The minimum Gasteiger partial charge on any atom is -0.343 e. The molecule has 1 fully saturated rings. The summed E-state index contributed by atoms with van der Waals surface area (Å²) in [6, 6.07) is 8.40. The molecular weight excluding hydrogens is 495 g/mol. The zero-order valence-corrected chi connectivity index (χ0v) is 17.7. The van der Waals surface area contributed by atoms with E-state index in [0.29, 0.717) is 17.8 Å². The number of hydrogen-bond donors (Lipinski definition) is 1. The zero-order valence-electron chi connectivity index (χ0n) is 15.5. The first kappa shape index (κ1) is 21.2. The molecule has 152 valence electrons. The van der Waals surface area contributed by atoms with Gasteiger partial charge in [-0.25, -0.2) is 8.78 Å². The van der Waals surface area contributed by atoms with Crippen molar-refractivity contribution < 1.29 is 18.4 Å². The van der Waals surface area contributed by atoms with Crippen LogP contribution >= 0.6 is 22.6 Å². The van der Waals surface area contributed by atoms with Crippen LogP contribution in [0.2, 0.25) is 0 Å². The number of nitriles is 1. The normalized spacial score (nSPS) is 17.8. The second-order valence-electron chi connectivity index (χ2n) is 6.86. The molecule has 1 aromatic heterocycles. The van der Waals surface area contributed by atoms with Gasteiger partial charge in [0.05, 0.1) is 37.0 Å². The molecule has 2 aromatic rings. The van der Waals surface area contributed by atoms with E-state index >= 15 is 0 Å².